The summed E-state index contributed by atoms with van der Waals surface area (Å²) in [6.45, 7) is 15.6. The molecule has 7 heteroatoms. The van der Waals surface area contributed by atoms with Crippen LogP contribution in [0.4, 0.5) is 4.79 Å². The number of aliphatic hydroxyl groups excluding tert-OH is 1. The van der Waals surface area contributed by atoms with Crippen LogP contribution >= 0.6 is 0 Å². The van der Waals surface area contributed by atoms with Gasteiger partial charge < -0.3 is 24.5 Å². The van der Waals surface area contributed by atoms with Crippen molar-refractivity contribution >= 4 is 19.3 Å². The summed E-state index contributed by atoms with van der Waals surface area (Å²) in [4.78, 5) is 12.2. The fourth-order valence-corrected chi connectivity index (χ4v) is 2.83. The predicted molar refractivity (Wildman–Crippen MR) is 115 cm³/mol. The SMILES string of the molecule is Cc1ccc(CO)cc1C=C(CNC(=O)OC(C)(C)C)B1OC(C)(C)C(C)(C)O1. The highest BCUT2D eigenvalue weighted by Gasteiger charge is 2.52. The van der Waals surface area contributed by atoms with Crippen LogP contribution in [0.2, 0.25) is 0 Å². The summed E-state index contributed by atoms with van der Waals surface area (Å²) < 4.78 is 17.7. The van der Waals surface area contributed by atoms with Gasteiger partial charge >= 0.3 is 13.2 Å². The Morgan fingerprint density at radius 1 is 1.21 bits per heavy atom. The van der Waals surface area contributed by atoms with E-state index in [1.54, 1.807) is 0 Å². The first kappa shape index (κ1) is 23.5. The lowest BCUT2D eigenvalue weighted by molar-refractivity contribution is 0.00578. The second-order valence-corrected chi connectivity index (χ2v) is 9.51. The van der Waals surface area contributed by atoms with E-state index in [9.17, 15) is 9.90 Å². The van der Waals surface area contributed by atoms with Crippen molar-refractivity contribution < 1.29 is 23.9 Å². The summed E-state index contributed by atoms with van der Waals surface area (Å²) in [5.41, 5.74) is 2.00. The molecule has 1 aliphatic rings. The molecule has 2 rings (SSSR count). The summed E-state index contributed by atoms with van der Waals surface area (Å²) in [5.74, 6) is 0. The Bertz CT molecular complexity index is 764. The molecule has 0 radical (unpaired) electrons. The second kappa shape index (κ2) is 8.50. The molecule has 6 nitrogen and oxygen atoms in total. The molecule has 160 valence electrons. The number of ether oxygens (including phenoxy) is 1. The summed E-state index contributed by atoms with van der Waals surface area (Å²) >= 11 is 0. The van der Waals surface area contributed by atoms with Gasteiger partial charge in [-0.2, -0.15) is 0 Å². The van der Waals surface area contributed by atoms with Crippen LogP contribution in [-0.2, 0) is 20.7 Å². The first-order valence-electron chi connectivity index (χ1n) is 9.97. The molecule has 1 aromatic carbocycles. The summed E-state index contributed by atoms with van der Waals surface area (Å²) in [5, 5.41) is 12.3. The summed E-state index contributed by atoms with van der Waals surface area (Å²) in [6.07, 6.45) is 1.45. The number of hydrogen-bond donors (Lipinski definition) is 2. The van der Waals surface area contributed by atoms with Gasteiger partial charge in [-0.05, 0) is 83.6 Å². The molecule has 1 heterocycles. The first-order valence-corrected chi connectivity index (χ1v) is 9.97. The standard InChI is InChI=1S/C22H34BNO5/c1-15-9-10-16(14-25)11-17(15)12-18(13-24-19(26)27-20(2,3)4)23-28-21(5,6)22(7,8)29-23/h9-12,25H,13-14H2,1-8H3,(H,24,26). The first-order chi connectivity index (χ1) is 13.2. The normalized spacial score (nSPS) is 18.7. The molecule has 1 fully saturated rings. The van der Waals surface area contributed by atoms with Crippen LogP contribution in [-0.4, -0.2) is 41.7 Å². The molecule has 0 saturated carbocycles. The van der Waals surface area contributed by atoms with Crippen molar-refractivity contribution in [3.63, 3.8) is 0 Å². The number of aliphatic hydroxyl groups is 1. The Kier molecular flexibility index (Phi) is 6.88. The average molecular weight is 403 g/mol. The Morgan fingerprint density at radius 3 is 2.31 bits per heavy atom. The van der Waals surface area contributed by atoms with Gasteiger partial charge in [0.25, 0.3) is 0 Å². The Hall–Kier alpha value is -1.83. The van der Waals surface area contributed by atoms with E-state index in [1.165, 1.54) is 0 Å². The Labute approximate surface area is 174 Å². The minimum atomic E-state index is -0.605. The third-order valence-electron chi connectivity index (χ3n) is 5.26. The number of aryl methyl sites for hydroxylation is 1. The number of nitrogens with one attached hydrogen (secondary N) is 1. The fraction of sp³-hybridized carbons (Fsp3) is 0.591. The Balaban J connectivity index is 2.33. The van der Waals surface area contributed by atoms with Crippen LogP contribution in [0.3, 0.4) is 0 Å². The van der Waals surface area contributed by atoms with E-state index in [-0.39, 0.29) is 13.2 Å². The minimum absolute atomic E-state index is 0.0386. The highest BCUT2D eigenvalue weighted by Crippen LogP contribution is 2.38. The number of carbonyl (C=O) groups is 1. The molecular formula is C22H34BNO5. The van der Waals surface area contributed by atoms with Crippen molar-refractivity contribution in [2.24, 2.45) is 0 Å². The molecule has 0 spiro atoms. The zero-order chi connectivity index (χ0) is 22.0. The molecule has 1 amide bonds. The van der Waals surface area contributed by atoms with E-state index < -0.39 is 30.0 Å². The minimum Gasteiger partial charge on any atom is -0.444 e. The largest absolute Gasteiger partial charge is 0.492 e. The molecule has 1 saturated heterocycles. The highest BCUT2D eigenvalue weighted by molar-refractivity contribution is 6.56. The van der Waals surface area contributed by atoms with Crippen LogP contribution in [0.25, 0.3) is 6.08 Å². The van der Waals surface area contributed by atoms with Gasteiger partial charge in [-0.1, -0.05) is 18.2 Å². The lowest BCUT2D eigenvalue weighted by atomic mass is 9.76. The Morgan fingerprint density at radius 2 is 1.79 bits per heavy atom. The summed E-state index contributed by atoms with van der Waals surface area (Å²) in [7, 11) is -0.605. The van der Waals surface area contributed by atoms with E-state index in [0.29, 0.717) is 0 Å². The van der Waals surface area contributed by atoms with E-state index in [1.807, 2.05) is 79.7 Å². The maximum Gasteiger partial charge on any atom is 0.492 e. The van der Waals surface area contributed by atoms with Crippen molar-refractivity contribution in [2.45, 2.75) is 78.8 Å². The van der Waals surface area contributed by atoms with Crippen molar-refractivity contribution in [2.75, 3.05) is 6.54 Å². The van der Waals surface area contributed by atoms with E-state index >= 15 is 0 Å². The van der Waals surface area contributed by atoms with Gasteiger partial charge in [-0.25, -0.2) is 4.79 Å². The number of amides is 1. The third kappa shape index (κ3) is 6.08. The number of carbonyl (C=O) groups excluding carboxylic acids is 1. The maximum absolute atomic E-state index is 12.2. The lowest BCUT2D eigenvalue weighted by Crippen LogP contribution is -2.41. The van der Waals surface area contributed by atoms with Crippen molar-refractivity contribution in [3.8, 4) is 0 Å². The van der Waals surface area contributed by atoms with Crippen LogP contribution in [0.15, 0.2) is 23.7 Å². The van der Waals surface area contributed by atoms with Crippen LogP contribution < -0.4 is 5.32 Å². The molecule has 1 aromatic rings. The summed E-state index contributed by atoms with van der Waals surface area (Å²) in [6, 6.07) is 5.77. The highest BCUT2D eigenvalue weighted by atomic mass is 16.7. The van der Waals surface area contributed by atoms with Gasteiger partial charge in [-0.15, -0.1) is 0 Å². The second-order valence-electron chi connectivity index (χ2n) is 9.51. The fourth-order valence-electron chi connectivity index (χ4n) is 2.83. The molecule has 1 aliphatic heterocycles. The third-order valence-corrected chi connectivity index (χ3v) is 5.26. The number of alkyl carbamates (subject to hydrolysis) is 1. The molecule has 0 bridgehead atoms. The zero-order valence-electron chi connectivity index (χ0n) is 18.9. The average Bonchev–Trinajstić information content (AvgIpc) is 2.79. The molecule has 0 aliphatic carbocycles. The van der Waals surface area contributed by atoms with E-state index in [0.717, 1.165) is 22.2 Å². The van der Waals surface area contributed by atoms with Crippen molar-refractivity contribution in [1.29, 1.82) is 0 Å². The smallest absolute Gasteiger partial charge is 0.444 e. The van der Waals surface area contributed by atoms with Gasteiger partial charge in [0.1, 0.15) is 5.60 Å². The number of benzene rings is 1. The van der Waals surface area contributed by atoms with Crippen LogP contribution in [0.1, 0.15) is 65.2 Å². The molecule has 0 aromatic heterocycles. The number of hydrogen-bond acceptors (Lipinski definition) is 5. The van der Waals surface area contributed by atoms with Crippen molar-refractivity contribution in [3.05, 3.63) is 40.4 Å². The quantitative estimate of drug-likeness (QED) is 0.726. The topological polar surface area (TPSA) is 77.0 Å². The van der Waals surface area contributed by atoms with E-state index in [2.05, 4.69) is 5.32 Å². The van der Waals surface area contributed by atoms with Gasteiger partial charge in [-0.3, -0.25) is 0 Å². The van der Waals surface area contributed by atoms with Crippen LogP contribution in [0.5, 0.6) is 0 Å². The maximum atomic E-state index is 12.2. The van der Waals surface area contributed by atoms with Gasteiger partial charge in [0.15, 0.2) is 0 Å². The molecule has 0 atom stereocenters. The van der Waals surface area contributed by atoms with Gasteiger partial charge in [0, 0.05) is 6.54 Å². The lowest BCUT2D eigenvalue weighted by Gasteiger charge is -2.32. The number of rotatable bonds is 5. The predicted octanol–water partition coefficient (Wildman–Crippen LogP) is 4.03. The molecular weight excluding hydrogens is 369 g/mol. The van der Waals surface area contributed by atoms with Crippen LogP contribution in [0, 0.1) is 6.92 Å². The molecule has 0 unspecified atom stereocenters. The molecule has 2 N–H and O–H groups in total. The van der Waals surface area contributed by atoms with Gasteiger partial charge in [0.05, 0.1) is 17.8 Å². The zero-order valence-corrected chi connectivity index (χ0v) is 18.9. The molecule has 29 heavy (non-hydrogen) atoms. The van der Waals surface area contributed by atoms with Crippen molar-refractivity contribution in [1.82, 2.24) is 5.32 Å². The van der Waals surface area contributed by atoms with Gasteiger partial charge in [0.2, 0.25) is 0 Å². The van der Waals surface area contributed by atoms with E-state index in [4.69, 9.17) is 14.0 Å². The monoisotopic (exact) mass is 403 g/mol.